The van der Waals surface area contributed by atoms with Crippen LogP contribution >= 0.6 is 11.6 Å². The maximum absolute atomic E-state index is 11.6. The zero-order valence-electron chi connectivity index (χ0n) is 10.0. The van der Waals surface area contributed by atoms with Gasteiger partial charge in [0.25, 0.3) is 5.91 Å². The standard InChI is InChI=1S/C12H15ClN2O2/c1-8(2)14-15-12(16)9(3)17-11-7-5-4-6-10(11)13/h4-7,9H,1-3H3,(H,15,16)/t9-/m1/s1. The zero-order chi connectivity index (χ0) is 12.8. The summed E-state index contributed by atoms with van der Waals surface area (Å²) in [5.41, 5.74) is 3.17. The van der Waals surface area contributed by atoms with Crippen LogP contribution in [0.4, 0.5) is 0 Å². The van der Waals surface area contributed by atoms with Gasteiger partial charge in [-0.25, -0.2) is 5.43 Å². The summed E-state index contributed by atoms with van der Waals surface area (Å²) in [6.45, 7) is 5.22. The second-order valence-corrected chi connectivity index (χ2v) is 4.13. The summed E-state index contributed by atoms with van der Waals surface area (Å²) in [5, 5.41) is 4.29. The van der Waals surface area contributed by atoms with E-state index in [4.69, 9.17) is 16.3 Å². The molecular weight excluding hydrogens is 240 g/mol. The molecule has 1 N–H and O–H groups in total. The SMILES string of the molecule is CC(C)=NNC(=O)[C@@H](C)Oc1ccccc1Cl. The number of rotatable bonds is 4. The van der Waals surface area contributed by atoms with Crippen molar-refractivity contribution in [1.82, 2.24) is 5.43 Å². The monoisotopic (exact) mass is 254 g/mol. The van der Waals surface area contributed by atoms with Gasteiger partial charge in [-0.05, 0) is 32.9 Å². The summed E-state index contributed by atoms with van der Waals surface area (Å²) in [6, 6.07) is 7.00. The molecule has 1 atom stereocenters. The average molecular weight is 255 g/mol. The van der Waals surface area contributed by atoms with Crippen molar-refractivity contribution >= 4 is 23.2 Å². The van der Waals surface area contributed by atoms with Crippen LogP contribution < -0.4 is 10.2 Å². The van der Waals surface area contributed by atoms with Crippen molar-refractivity contribution in [2.45, 2.75) is 26.9 Å². The third-order valence-corrected chi connectivity index (χ3v) is 2.21. The van der Waals surface area contributed by atoms with E-state index in [2.05, 4.69) is 10.5 Å². The fourth-order valence-electron chi connectivity index (χ4n) is 1.04. The number of nitrogens with zero attached hydrogens (tertiary/aromatic N) is 1. The lowest BCUT2D eigenvalue weighted by molar-refractivity contribution is -0.127. The smallest absolute Gasteiger partial charge is 0.280 e. The number of carbonyl (C=O) groups is 1. The van der Waals surface area contributed by atoms with Crippen molar-refractivity contribution in [2.75, 3.05) is 0 Å². The number of ether oxygens (including phenoxy) is 1. The zero-order valence-corrected chi connectivity index (χ0v) is 10.8. The van der Waals surface area contributed by atoms with Gasteiger partial charge in [0.15, 0.2) is 6.10 Å². The van der Waals surface area contributed by atoms with E-state index in [1.807, 2.05) is 0 Å². The van der Waals surface area contributed by atoms with E-state index in [1.165, 1.54) is 0 Å². The molecule has 17 heavy (non-hydrogen) atoms. The molecule has 1 rings (SSSR count). The van der Waals surface area contributed by atoms with Crippen molar-refractivity contribution in [3.8, 4) is 5.75 Å². The first-order chi connectivity index (χ1) is 8.00. The molecule has 1 aromatic rings. The Morgan fingerprint density at radius 3 is 2.65 bits per heavy atom. The Kier molecular flexibility index (Phi) is 4.97. The van der Waals surface area contributed by atoms with Crippen LogP contribution in [0.3, 0.4) is 0 Å². The van der Waals surface area contributed by atoms with E-state index >= 15 is 0 Å². The van der Waals surface area contributed by atoms with Crippen LogP contribution in [0.1, 0.15) is 20.8 Å². The van der Waals surface area contributed by atoms with Crippen LogP contribution in [0, 0.1) is 0 Å². The molecule has 0 unspecified atom stereocenters. The molecular formula is C12H15ClN2O2. The van der Waals surface area contributed by atoms with Crippen LogP contribution in [0.5, 0.6) is 5.75 Å². The van der Waals surface area contributed by atoms with Crippen molar-refractivity contribution in [3.63, 3.8) is 0 Å². The van der Waals surface area contributed by atoms with Crippen LogP contribution in [-0.2, 0) is 4.79 Å². The largest absolute Gasteiger partial charge is 0.479 e. The second-order valence-electron chi connectivity index (χ2n) is 3.73. The molecule has 0 aliphatic heterocycles. The van der Waals surface area contributed by atoms with Crippen molar-refractivity contribution in [3.05, 3.63) is 29.3 Å². The molecule has 92 valence electrons. The highest BCUT2D eigenvalue weighted by Crippen LogP contribution is 2.24. The Balaban J connectivity index is 2.60. The van der Waals surface area contributed by atoms with E-state index in [0.717, 1.165) is 5.71 Å². The van der Waals surface area contributed by atoms with Gasteiger partial charge in [-0.15, -0.1) is 0 Å². The average Bonchev–Trinajstić information content (AvgIpc) is 2.28. The Hall–Kier alpha value is -1.55. The minimum Gasteiger partial charge on any atom is -0.479 e. The van der Waals surface area contributed by atoms with Gasteiger partial charge in [0.2, 0.25) is 0 Å². The summed E-state index contributed by atoms with van der Waals surface area (Å²) >= 11 is 5.92. The highest BCUT2D eigenvalue weighted by molar-refractivity contribution is 6.32. The molecule has 0 heterocycles. The van der Waals surface area contributed by atoms with E-state index < -0.39 is 6.10 Å². The number of hydrogen-bond donors (Lipinski definition) is 1. The number of carbonyl (C=O) groups excluding carboxylic acids is 1. The fraction of sp³-hybridized carbons (Fsp3) is 0.333. The maximum Gasteiger partial charge on any atom is 0.280 e. The van der Waals surface area contributed by atoms with E-state index in [0.29, 0.717) is 10.8 Å². The molecule has 0 spiro atoms. The first-order valence-corrected chi connectivity index (χ1v) is 5.60. The number of amides is 1. The number of hydrazone groups is 1. The van der Waals surface area contributed by atoms with Gasteiger partial charge in [0, 0.05) is 5.71 Å². The van der Waals surface area contributed by atoms with Crippen LogP contribution in [-0.4, -0.2) is 17.7 Å². The Labute approximate surface area is 106 Å². The van der Waals surface area contributed by atoms with Crippen molar-refractivity contribution in [2.24, 2.45) is 5.10 Å². The quantitative estimate of drug-likeness (QED) is 0.663. The van der Waals surface area contributed by atoms with Crippen molar-refractivity contribution in [1.29, 1.82) is 0 Å². The van der Waals surface area contributed by atoms with Crippen molar-refractivity contribution < 1.29 is 9.53 Å². The van der Waals surface area contributed by atoms with Gasteiger partial charge >= 0.3 is 0 Å². The molecule has 0 aliphatic carbocycles. The van der Waals surface area contributed by atoms with Gasteiger partial charge in [0.1, 0.15) is 5.75 Å². The number of benzene rings is 1. The van der Waals surface area contributed by atoms with Gasteiger partial charge in [-0.1, -0.05) is 23.7 Å². The van der Waals surface area contributed by atoms with Crippen LogP contribution in [0.2, 0.25) is 5.02 Å². The minimum absolute atomic E-state index is 0.314. The third-order valence-electron chi connectivity index (χ3n) is 1.90. The molecule has 0 radical (unpaired) electrons. The molecule has 1 amide bonds. The summed E-state index contributed by atoms with van der Waals surface area (Å²) < 4.78 is 5.43. The number of halogens is 1. The lowest BCUT2D eigenvalue weighted by atomic mass is 10.3. The first-order valence-electron chi connectivity index (χ1n) is 5.22. The van der Waals surface area contributed by atoms with E-state index in [9.17, 15) is 4.79 Å². The molecule has 0 saturated heterocycles. The highest BCUT2D eigenvalue weighted by atomic mass is 35.5. The molecule has 0 bridgehead atoms. The summed E-state index contributed by atoms with van der Waals surface area (Å²) in [7, 11) is 0. The normalized spacial score (nSPS) is 11.5. The summed E-state index contributed by atoms with van der Waals surface area (Å²) in [4.78, 5) is 11.6. The maximum atomic E-state index is 11.6. The van der Waals surface area contributed by atoms with Gasteiger partial charge in [-0.3, -0.25) is 4.79 Å². The predicted octanol–water partition coefficient (Wildman–Crippen LogP) is 2.62. The molecule has 1 aromatic carbocycles. The first kappa shape index (κ1) is 13.5. The molecule has 5 heteroatoms. The number of nitrogens with one attached hydrogen (secondary N) is 1. The second kappa shape index (κ2) is 6.25. The van der Waals surface area contributed by atoms with Crippen LogP contribution in [0.15, 0.2) is 29.4 Å². The topological polar surface area (TPSA) is 50.7 Å². The highest BCUT2D eigenvalue weighted by Gasteiger charge is 2.15. The fourth-order valence-corrected chi connectivity index (χ4v) is 1.22. The molecule has 0 aliphatic rings. The predicted molar refractivity (Wildman–Crippen MR) is 68.5 cm³/mol. The lowest BCUT2D eigenvalue weighted by Gasteiger charge is -2.13. The van der Waals surface area contributed by atoms with Gasteiger partial charge in [-0.2, -0.15) is 5.10 Å². The summed E-state index contributed by atoms with van der Waals surface area (Å²) in [5.74, 6) is 0.167. The Bertz CT molecular complexity index is 428. The lowest BCUT2D eigenvalue weighted by Crippen LogP contribution is -2.33. The summed E-state index contributed by atoms with van der Waals surface area (Å²) in [6.07, 6.45) is -0.655. The van der Waals surface area contributed by atoms with E-state index in [-0.39, 0.29) is 5.91 Å². The molecule has 0 aromatic heterocycles. The minimum atomic E-state index is -0.655. The van der Waals surface area contributed by atoms with Crippen LogP contribution in [0.25, 0.3) is 0 Å². The Morgan fingerprint density at radius 1 is 1.41 bits per heavy atom. The van der Waals surface area contributed by atoms with Gasteiger partial charge < -0.3 is 4.74 Å². The number of hydrogen-bond acceptors (Lipinski definition) is 3. The van der Waals surface area contributed by atoms with Gasteiger partial charge in [0.05, 0.1) is 5.02 Å². The number of para-hydroxylation sites is 1. The molecule has 0 fully saturated rings. The molecule has 0 saturated carbocycles. The Morgan fingerprint density at radius 2 is 2.06 bits per heavy atom. The van der Waals surface area contributed by atoms with E-state index in [1.54, 1.807) is 45.0 Å². The third kappa shape index (κ3) is 4.44. The molecule has 4 nitrogen and oxygen atoms in total.